The first kappa shape index (κ1) is 27.5. The van der Waals surface area contributed by atoms with Crippen molar-refractivity contribution in [2.24, 2.45) is 5.73 Å². The van der Waals surface area contributed by atoms with Crippen molar-refractivity contribution in [2.75, 3.05) is 18.2 Å². The topological polar surface area (TPSA) is 111 Å². The molecule has 1 heterocycles. The van der Waals surface area contributed by atoms with Gasteiger partial charge in [0.25, 0.3) is 5.91 Å². The van der Waals surface area contributed by atoms with E-state index in [2.05, 4.69) is 5.32 Å². The lowest BCUT2D eigenvalue weighted by Crippen LogP contribution is -2.57. The number of ether oxygens (including phenoxy) is 2. The van der Waals surface area contributed by atoms with Crippen molar-refractivity contribution in [3.05, 3.63) is 65.7 Å². The average Bonchev–Trinajstić information content (AvgIpc) is 3.31. The fraction of sp³-hybridized carbons (Fsp3) is 0.444. The Bertz CT molecular complexity index is 1060. The van der Waals surface area contributed by atoms with E-state index in [9.17, 15) is 14.4 Å². The number of amides is 2. The van der Waals surface area contributed by atoms with Crippen LogP contribution in [0.15, 0.2) is 54.6 Å². The van der Waals surface area contributed by atoms with E-state index in [1.807, 2.05) is 76.2 Å². The highest BCUT2D eigenvalue weighted by Crippen LogP contribution is 2.24. The predicted molar refractivity (Wildman–Crippen MR) is 141 cm³/mol. The van der Waals surface area contributed by atoms with Crippen LogP contribution >= 0.6 is 11.8 Å². The summed E-state index contributed by atoms with van der Waals surface area (Å²) in [5, 5.41) is 2.93. The monoisotopic (exact) mass is 513 g/mol. The van der Waals surface area contributed by atoms with E-state index >= 15 is 0 Å². The summed E-state index contributed by atoms with van der Waals surface area (Å²) in [5.74, 6) is -0.110. The number of benzene rings is 2. The fourth-order valence-corrected chi connectivity index (χ4v) is 5.00. The number of nitrogens with zero attached hydrogens (tertiary/aromatic N) is 1. The minimum absolute atomic E-state index is 0.245. The lowest BCUT2D eigenvalue weighted by molar-refractivity contribution is -0.164. The zero-order valence-electron chi connectivity index (χ0n) is 21.2. The number of para-hydroxylation sites is 1. The van der Waals surface area contributed by atoms with E-state index < -0.39 is 35.6 Å². The van der Waals surface area contributed by atoms with Gasteiger partial charge in [0.2, 0.25) is 5.91 Å². The molecule has 1 saturated heterocycles. The molecular weight excluding hydrogens is 478 g/mol. The molecule has 9 heteroatoms. The third-order valence-corrected chi connectivity index (χ3v) is 6.62. The van der Waals surface area contributed by atoms with Gasteiger partial charge in [-0.1, -0.05) is 48.5 Å². The molecule has 0 spiro atoms. The second-order valence-electron chi connectivity index (χ2n) is 9.88. The molecule has 3 N–H and O–H groups in total. The summed E-state index contributed by atoms with van der Waals surface area (Å²) in [6, 6.07) is 15.3. The van der Waals surface area contributed by atoms with Crippen molar-refractivity contribution in [3.63, 3.8) is 0 Å². The highest BCUT2D eigenvalue weighted by Gasteiger charge is 2.42. The largest absolute Gasteiger partial charge is 0.482 e. The summed E-state index contributed by atoms with van der Waals surface area (Å²) in [7, 11) is 0. The van der Waals surface area contributed by atoms with Gasteiger partial charge in [0.15, 0.2) is 12.7 Å². The summed E-state index contributed by atoms with van der Waals surface area (Å²) < 4.78 is 11.2. The third-order valence-electron chi connectivity index (χ3n) is 5.61. The average molecular weight is 514 g/mol. The lowest BCUT2D eigenvalue weighted by atomic mass is 10.0. The van der Waals surface area contributed by atoms with Crippen LogP contribution in [0.3, 0.4) is 0 Å². The fourth-order valence-electron chi connectivity index (χ4n) is 3.84. The van der Waals surface area contributed by atoms with Gasteiger partial charge >= 0.3 is 5.97 Å². The van der Waals surface area contributed by atoms with Gasteiger partial charge in [0.1, 0.15) is 11.8 Å². The van der Waals surface area contributed by atoms with Crippen LogP contribution in [0.2, 0.25) is 0 Å². The highest BCUT2D eigenvalue weighted by molar-refractivity contribution is 7.99. The molecule has 2 amide bonds. The molecule has 2 aromatic rings. The van der Waals surface area contributed by atoms with Gasteiger partial charge in [-0.25, -0.2) is 4.79 Å². The van der Waals surface area contributed by atoms with E-state index in [-0.39, 0.29) is 12.5 Å². The summed E-state index contributed by atoms with van der Waals surface area (Å²) in [6.45, 7) is 7.15. The number of hydrogen-bond donors (Lipinski definition) is 2. The molecule has 3 rings (SSSR count). The number of nitrogens with two attached hydrogens (primary N) is 1. The van der Waals surface area contributed by atoms with Crippen LogP contribution < -0.4 is 15.8 Å². The van der Waals surface area contributed by atoms with Gasteiger partial charge in [0.05, 0.1) is 11.9 Å². The first-order valence-electron chi connectivity index (χ1n) is 11.9. The number of carbonyl (C=O) groups excluding carboxylic acids is 3. The molecule has 0 radical (unpaired) electrons. The van der Waals surface area contributed by atoms with Crippen LogP contribution in [0.5, 0.6) is 5.75 Å². The zero-order valence-corrected chi connectivity index (χ0v) is 22.0. The maximum absolute atomic E-state index is 13.7. The minimum atomic E-state index is -1.26. The Hall–Kier alpha value is -3.04. The highest BCUT2D eigenvalue weighted by atomic mass is 32.2. The molecule has 0 unspecified atom stereocenters. The molecule has 8 nitrogen and oxygen atoms in total. The molecule has 3 atom stereocenters. The molecular formula is C27H35N3O5S. The minimum Gasteiger partial charge on any atom is -0.482 e. The molecule has 0 saturated carbocycles. The molecule has 0 bridgehead atoms. The molecule has 2 aromatic carbocycles. The van der Waals surface area contributed by atoms with Crippen LogP contribution in [0.25, 0.3) is 0 Å². The molecule has 1 aliphatic heterocycles. The van der Waals surface area contributed by atoms with Crippen molar-refractivity contribution >= 4 is 29.5 Å². The van der Waals surface area contributed by atoms with Gasteiger partial charge in [0, 0.05) is 11.3 Å². The van der Waals surface area contributed by atoms with Crippen molar-refractivity contribution in [1.29, 1.82) is 0 Å². The summed E-state index contributed by atoms with van der Waals surface area (Å²) in [5.41, 5.74) is 7.79. The Morgan fingerprint density at radius 2 is 1.78 bits per heavy atom. The second-order valence-corrected chi connectivity index (χ2v) is 10.9. The zero-order chi connectivity index (χ0) is 26.3. The van der Waals surface area contributed by atoms with Crippen LogP contribution in [-0.4, -0.2) is 64.6 Å². The van der Waals surface area contributed by atoms with Crippen molar-refractivity contribution in [2.45, 2.75) is 57.8 Å². The Kier molecular flexibility index (Phi) is 9.39. The molecule has 36 heavy (non-hydrogen) atoms. The number of thioether (sulfide) groups is 1. The van der Waals surface area contributed by atoms with Gasteiger partial charge in [-0.2, -0.15) is 0 Å². The number of hydrogen-bond acceptors (Lipinski definition) is 7. The normalized spacial score (nSPS) is 17.2. The number of esters is 1. The van der Waals surface area contributed by atoms with Gasteiger partial charge < -0.3 is 25.4 Å². The van der Waals surface area contributed by atoms with Crippen molar-refractivity contribution in [3.8, 4) is 5.75 Å². The van der Waals surface area contributed by atoms with Crippen LogP contribution in [0, 0.1) is 6.92 Å². The Balaban J connectivity index is 1.76. The molecule has 0 aliphatic carbocycles. The van der Waals surface area contributed by atoms with Gasteiger partial charge in [-0.15, -0.1) is 11.8 Å². The molecule has 1 aliphatic rings. The van der Waals surface area contributed by atoms with Crippen LogP contribution in [-0.2, 0) is 25.5 Å². The standard InChI is InChI=1S/C27H35N3O5S/c1-18-10-8-9-13-22(18)34-15-23(31)35-24(20(28)14-19-11-6-5-7-12-19)26(33)30-17-36-16-21(30)25(32)29-27(2,3)4/h5-13,20-21,24H,14-17,28H2,1-4H3,(H,29,32)/t20-,21-,24-/m0/s1. The van der Waals surface area contributed by atoms with E-state index in [4.69, 9.17) is 15.2 Å². The first-order chi connectivity index (χ1) is 17.0. The number of aryl methyl sites for hydroxylation is 1. The van der Waals surface area contributed by atoms with E-state index in [0.29, 0.717) is 23.8 Å². The Morgan fingerprint density at radius 3 is 2.44 bits per heavy atom. The summed E-state index contributed by atoms with van der Waals surface area (Å²) in [6.07, 6.45) is -0.940. The van der Waals surface area contributed by atoms with Crippen LogP contribution in [0.4, 0.5) is 0 Å². The van der Waals surface area contributed by atoms with Gasteiger partial charge in [-0.05, 0) is 51.3 Å². The quantitative estimate of drug-likeness (QED) is 0.496. The summed E-state index contributed by atoms with van der Waals surface area (Å²) >= 11 is 1.47. The maximum atomic E-state index is 13.7. The van der Waals surface area contributed by atoms with E-state index in [1.165, 1.54) is 16.7 Å². The molecule has 1 fully saturated rings. The van der Waals surface area contributed by atoms with Crippen molar-refractivity contribution in [1.82, 2.24) is 10.2 Å². The SMILES string of the molecule is Cc1ccccc1OCC(=O)O[C@H](C(=O)N1CSC[C@H]1C(=O)NC(C)(C)C)[C@@H](N)Cc1ccccc1. The van der Waals surface area contributed by atoms with E-state index in [1.54, 1.807) is 6.07 Å². The third kappa shape index (κ3) is 7.73. The first-order valence-corrected chi connectivity index (χ1v) is 13.1. The number of rotatable bonds is 9. The Labute approximate surface area is 216 Å². The second kappa shape index (κ2) is 12.3. The lowest BCUT2D eigenvalue weighted by Gasteiger charge is -2.31. The van der Waals surface area contributed by atoms with Crippen molar-refractivity contribution < 1.29 is 23.9 Å². The number of carbonyl (C=O) groups is 3. The predicted octanol–water partition coefficient (Wildman–Crippen LogP) is 2.67. The smallest absolute Gasteiger partial charge is 0.345 e. The van der Waals surface area contributed by atoms with E-state index in [0.717, 1.165) is 11.1 Å². The summed E-state index contributed by atoms with van der Waals surface area (Å²) in [4.78, 5) is 40.8. The molecule has 194 valence electrons. The Morgan fingerprint density at radius 1 is 1.11 bits per heavy atom. The maximum Gasteiger partial charge on any atom is 0.345 e. The molecule has 0 aromatic heterocycles. The van der Waals surface area contributed by atoms with Gasteiger partial charge in [-0.3, -0.25) is 9.59 Å². The van der Waals surface area contributed by atoms with Crippen LogP contribution in [0.1, 0.15) is 31.9 Å². The number of nitrogens with one attached hydrogen (secondary N) is 1.